The summed E-state index contributed by atoms with van der Waals surface area (Å²) in [7, 11) is 1.28. The Morgan fingerprint density at radius 2 is 1.87 bits per heavy atom. The molecule has 0 fully saturated rings. The Morgan fingerprint density at radius 1 is 1.16 bits per heavy atom. The first-order chi connectivity index (χ1) is 14.8. The van der Waals surface area contributed by atoms with Crippen LogP contribution in [0.1, 0.15) is 45.6 Å². The second-order valence-corrected chi connectivity index (χ2v) is 7.73. The van der Waals surface area contributed by atoms with Crippen molar-refractivity contribution in [3.63, 3.8) is 0 Å². The lowest BCUT2D eigenvalue weighted by Gasteiger charge is -2.38. The quantitative estimate of drug-likeness (QED) is 0.550. The summed E-state index contributed by atoms with van der Waals surface area (Å²) in [6.45, 7) is 7.90. The molecule has 3 atom stereocenters. The monoisotopic (exact) mass is 427 g/mol. The maximum absolute atomic E-state index is 13.6. The lowest BCUT2D eigenvalue weighted by Crippen LogP contribution is -2.43. The third-order valence-corrected chi connectivity index (χ3v) is 5.77. The molecule has 0 bridgehead atoms. The van der Waals surface area contributed by atoms with Crippen molar-refractivity contribution in [2.24, 2.45) is 11.8 Å². The summed E-state index contributed by atoms with van der Waals surface area (Å²) in [6, 6.07) is 7.34. The number of nitrogens with one attached hydrogen (secondary N) is 1. The summed E-state index contributed by atoms with van der Waals surface area (Å²) < 4.78 is 16.1. The van der Waals surface area contributed by atoms with Crippen molar-refractivity contribution < 1.29 is 28.6 Å². The molecule has 1 aliphatic carbocycles. The molecule has 1 aliphatic heterocycles. The number of ether oxygens (including phenoxy) is 3. The second-order valence-electron chi connectivity index (χ2n) is 7.73. The van der Waals surface area contributed by atoms with Gasteiger partial charge in [0, 0.05) is 22.5 Å². The molecule has 0 saturated carbocycles. The third-order valence-electron chi connectivity index (χ3n) is 5.77. The molecule has 0 aromatic heterocycles. The molecule has 166 valence electrons. The standard InChI is InChI=1S/C24H29NO6/c1-6-30-17-11-9-8-10-15(17)20-19(24(28)31-7-2)14(4)25-16-12-13(3)18(23(27)29-5)22(26)21(16)20/h8-11,13,18,20,25H,6-7,12H2,1-5H3/t13-,18+,20-/m1/s1. The zero-order valence-electron chi connectivity index (χ0n) is 18.6. The van der Waals surface area contributed by atoms with Crippen LogP contribution < -0.4 is 10.1 Å². The van der Waals surface area contributed by atoms with Crippen LogP contribution in [0.15, 0.2) is 46.8 Å². The summed E-state index contributed by atoms with van der Waals surface area (Å²) in [4.78, 5) is 39.1. The minimum atomic E-state index is -0.922. The summed E-state index contributed by atoms with van der Waals surface area (Å²) in [6.07, 6.45) is 0.488. The highest BCUT2D eigenvalue weighted by Gasteiger charge is 2.47. The van der Waals surface area contributed by atoms with Crippen LogP contribution in [-0.4, -0.2) is 38.0 Å². The number of hydrogen-bond donors (Lipinski definition) is 1. The Hall–Kier alpha value is -3.09. The molecule has 0 radical (unpaired) electrons. The first kappa shape index (κ1) is 22.6. The van der Waals surface area contributed by atoms with Crippen LogP contribution in [0.2, 0.25) is 0 Å². The number of methoxy groups -OCH3 is 1. The number of allylic oxidation sites excluding steroid dienone is 3. The minimum Gasteiger partial charge on any atom is -0.494 e. The van der Waals surface area contributed by atoms with E-state index in [4.69, 9.17) is 14.2 Å². The lowest BCUT2D eigenvalue weighted by atomic mass is 9.69. The molecule has 7 heteroatoms. The number of ketones is 1. The predicted octanol–water partition coefficient (Wildman–Crippen LogP) is 3.26. The molecule has 0 amide bonds. The van der Waals surface area contributed by atoms with E-state index in [1.165, 1.54) is 7.11 Å². The summed E-state index contributed by atoms with van der Waals surface area (Å²) in [5.74, 6) is -2.68. The first-order valence-electron chi connectivity index (χ1n) is 10.6. The van der Waals surface area contributed by atoms with Gasteiger partial charge in [-0.3, -0.25) is 9.59 Å². The van der Waals surface area contributed by atoms with Crippen molar-refractivity contribution in [2.45, 2.75) is 40.0 Å². The van der Waals surface area contributed by atoms with E-state index in [2.05, 4.69) is 5.32 Å². The second kappa shape index (κ2) is 9.37. The molecule has 3 rings (SSSR count). The summed E-state index contributed by atoms with van der Waals surface area (Å²) >= 11 is 0. The average molecular weight is 427 g/mol. The molecular weight excluding hydrogens is 398 g/mol. The van der Waals surface area contributed by atoms with Gasteiger partial charge in [0.2, 0.25) is 0 Å². The van der Waals surface area contributed by atoms with E-state index >= 15 is 0 Å². The van der Waals surface area contributed by atoms with Crippen molar-refractivity contribution in [2.75, 3.05) is 20.3 Å². The van der Waals surface area contributed by atoms with E-state index in [-0.39, 0.29) is 18.3 Å². The molecule has 0 saturated heterocycles. The van der Waals surface area contributed by atoms with E-state index in [0.29, 0.717) is 41.2 Å². The molecule has 2 aliphatic rings. The van der Waals surface area contributed by atoms with Gasteiger partial charge in [-0.15, -0.1) is 0 Å². The smallest absolute Gasteiger partial charge is 0.336 e. The Labute approximate surface area is 182 Å². The van der Waals surface area contributed by atoms with E-state index in [1.807, 2.05) is 38.1 Å². The molecule has 0 spiro atoms. The van der Waals surface area contributed by atoms with Gasteiger partial charge in [-0.1, -0.05) is 25.1 Å². The maximum atomic E-state index is 13.6. The van der Waals surface area contributed by atoms with Crippen molar-refractivity contribution in [1.29, 1.82) is 0 Å². The minimum absolute atomic E-state index is 0.205. The number of hydrogen-bond acceptors (Lipinski definition) is 7. The van der Waals surface area contributed by atoms with Gasteiger partial charge in [0.1, 0.15) is 11.7 Å². The van der Waals surface area contributed by atoms with Crippen molar-refractivity contribution in [3.05, 3.63) is 52.4 Å². The van der Waals surface area contributed by atoms with Crippen LogP contribution in [0, 0.1) is 11.8 Å². The number of carbonyl (C=O) groups is 3. The highest BCUT2D eigenvalue weighted by atomic mass is 16.5. The van der Waals surface area contributed by atoms with E-state index in [0.717, 1.165) is 5.70 Å². The first-order valence-corrected chi connectivity index (χ1v) is 10.6. The Bertz CT molecular complexity index is 961. The topological polar surface area (TPSA) is 90.9 Å². The van der Waals surface area contributed by atoms with Crippen LogP contribution in [0.25, 0.3) is 0 Å². The van der Waals surface area contributed by atoms with Gasteiger partial charge in [0.15, 0.2) is 5.78 Å². The zero-order valence-corrected chi connectivity index (χ0v) is 18.6. The average Bonchev–Trinajstić information content (AvgIpc) is 2.73. The Morgan fingerprint density at radius 3 is 2.52 bits per heavy atom. The number of esters is 2. The molecule has 1 aromatic rings. The van der Waals surface area contributed by atoms with Crippen molar-refractivity contribution in [3.8, 4) is 5.75 Å². The van der Waals surface area contributed by atoms with Crippen molar-refractivity contribution >= 4 is 17.7 Å². The van der Waals surface area contributed by atoms with E-state index in [9.17, 15) is 14.4 Å². The van der Waals surface area contributed by atoms with Crippen molar-refractivity contribution in [1.82, 2.24) is 5.32 Å². The number of para-hydroxylation sites is 1. The molecule has 31 heavy (non-hydrogen) atoms. The predicted molar refractivity (Wildman–Crippen MR) is 114 cm³/mol. The fourth-order valence-corrected chi connectivity index (χ4v) is 4.48. The largest absolute Gasteiger partial charge is 0.494 e. The van der Waals surface area contributed by atoms with Gasteiger partial charge in [-0.25, -0.2) is 4.79 Å². The molecule has 1 aromatic carbocycles. The lowest BCUT2D eigenvalue weighted by molar-refractivity contribution is -0.151. The third kappa shape index (κ3) is 4.09. The van der Waals surface area contributed by atoms with Gasteiger partial charge in [0.05, 0.1) is 31.8 Å². The molecule has 1 heterocycles. The van der Waals surface area contributed by atoms with Crippen LogP contribution in [0.3, 0.4) is 0 Å². The van der Waals surface area contributed by atoms with Crippen LogP contribution in [0.5, 0.6) is 5.75 Å². The van der Waals surface area contributed by atoms with Gasteiger partial charge in [-0.2, -0.15) is 0 Å². The Kier molecular flexibility index (Phi) is 6.83. The van der Waals surface area contributed by atoms with Gasteiger partial charge >= 0.3 is 11.9 Å². The van der Waals surface area contributed by atoms with Crippen LogP contribution >= 0.6 is 0 Å². The van der Waals surface area contributed by atoms with E-state index in [1.54, 1.807) is 13.8 Å². The Balaban J connectivity index is 2.23. The fourth-order valence-electron chi connectivity index (χ4n) is 4.48. The summed E-state index contributed by atoms with van der Waals surface area (Å²) in [5.41, 5.74) is 2.78. The highest BCUT2D eigenvalue weighted by Crippen LogP contribution is 2.47. The van der Waals surface area contributed by atoms with Gasteiger partial charge in [0.25, 0.3) is 0 Å². The van der Waals surface area contributed by atoms with Crippen LogP contribution in [0.4, 0.5) is 0 Å². The molecule has 0 unspecified atom stereocenters. The number of carbonyl (C=O) groups excluding carboxylic acids is 3. The number of benzene rings is 1. The van der Waals surface area contributed by atoms with E-state index < -0.39 is 23.8 Å². The maximum Gasteiger partial charge on any atom is 0.336 e. The molecule has 7 nitrogen and oxygen atoms in total. The number of dihydropyridines is 1. The van der Waals surface area contributed by atoms with Gasteiger partial charge < -0.3 is 19.5 Å². The molecular formula is C24H29NO6. The highest BCUT2D eigenvalue weighted by molar-refractivity contribution is 6.12. The number of Topliss-reactive ketones (excluding diaryl/α,β-unsaturated/α-hetero) is 1. The zero-order chi connectivity index (χ0) is 22.7. The fraction of sp³-hybridized carbons (Fsp3) is 0.458. The SMILES string of the molecule is CCOC(=O)C1=C(C)NC2=C(C(=O)[C@@H](C(=O)OC)[C@H](C)C2)[C@@H]1c1ccccc1OCC. The number of rotatable bonds is 6. The van der Waals surface area contributed by atoms with Crippen LogP contribution in [-0.2, 0) is 23.9 Å². The normalized spacial score (nSPS) is 23.1. The summed E-state index contributed by atoms with van der Waals surface area (Å²) in [5, 5.41) is 3.24. The molecule has 1 N–H and O–H groups in total. The van der Waals surface area contributed by atoms with Gasteiger partial charge in [-0.05, 0) is 39.2 Å².